The predicted octanol–water partition coefficient (Wildman–Crippen LogP) is 6.56. The van der Waals surface area contributed by atoms with Crippen LogP contribution in [-0.2, 0) is 4.43 Å². The highest BCUT2D eigenvalue weighted by molar-refractivity contribution is 6.81. The highest BCUT2D eigenvalue weighted by Crippen LogP contribution is 2.62. The fourth-order valence-corrected chi connectivity index (χ4v) is 12.7. The Morgan fingerprint density at radius 1 is 1.10 bits per heavy atom. The van der Waals surface area contributed by atoms with Crippen molar-refractivity contribution < 1.29 is 4.43 Å². The molecule has 0 aliphatic heterocycles. The molecule has 0 bridgehead atoms. The molecule has 1 aliphatic carbocycles. The summed E-state index contributed by atoms with van der Waals surface area (Å²) in [6.07, 6.45) is 4.07. The molecule has 0 aromatic carbocycles. The van der Waals surface area contributed by atoms with Gasteiger partial charge in [0.1, 0.15) is 0 Å². The lowest BCUT2D eigenvalue weighted by Gasteiger charge is -2.56. The first-order chi connectivity index (χ1) is 9.38. The molecule has 124 valence electrons. The Bertz CT molecular complexity index is 358. The van der Waals surface area contributed by atoms with Crippen molar-refractivity contribution in [2.45, 2.75) is 90.3 Å². The molecule has 1 unspecified atom stereocenters. The molecule has 1 fully saturated rings. The Labute approximate surface area is 134 Å². The molecule has 0 saturated heterocycles. The van der Waals surface area contributed by atoms with E-state index in [0.29, 0.717) is 5.54 Å². The maximum atomic E-state index is 6.52. The van der Waals surface area contributed by atoms with Crippen LogP contribution in [0.4, 0.5) is 0 Å². The Hall–Kier alpha value is -0.0831. The first-order valence-electron chi connectivity index (χ1n) is 8.59. The summed E-state index contributed by atoms with van der Waals surface area (Å²) in [5.41, 5.74) is 1.92. The third-order valence-electron chi connectivity index (χ3n) is 5.73. The maximum Gasteiger partial charge on any atom is 0.210 e. The highest BCUT2D eigenvalue weighted by atomic mass is 28.4. The second-order valence-electron chi connectivity index (χ2n) is 9.44. The molecule has 1 aliphatic rings. The van der Waals surface area contributed by atoms with E-state index in [1.54, 1.807) is 0 Å². The van der Waals surface area contributed by atoms with Crippen molar-refractivity contribution in [2.75, 3.05) is 7.11 Å². The lowest BCUT2D eigenvalue weighted by Crippen LogP contribution is -2.59. The SMILES string of the molecule is C=C(C)C([C@H]1CC[C@@H](C)C1)[Si](OC)(C(C)(C)C)C(C)(C)C. The van der Waals surface area contributed by atoms with Gasteiger partial charge in [-0.15, -0.1) is 6.58 Å². The van der Waals surface area contributed by atoms with E-state index in [1.165, 1.54) is 24.8 Å². The summed E-state index contributed by atoms with van der Waals surface area (Å²) in [5, 5.41) is 0.408. The molecule has 0 heterocycles. The molecule has 0 radical (unpaired) electrons. The number of rotatable bonds is 4. The van der Waals surface area contributed by atoms with Gasteiger partial charge in [-0.1, -0.05) is 60.5 Å². The normalized spacial score (nSPS) is 26.0. The van der Waals surface area contributed by atoms with Crippen molar-refractivity contribution in [1.29, 1.82) is 0 Å². The zero-order chi connectivity index (χ0) is 16.6. The van der Waals surface area contributed by atoms with Gasteiger partial charge in [-0.2, -0.15) is 0 Å². The fourth-order valence-electron chi connectivity index (χ4n) is 5.43. The van der Waals surface area contributed by atoms with Crippen molar-refractivity contribution in [3.8, 4) is 0 Å². The van der Waals surface area contributed by atoms with Gasteiger partial charge in [0.15, 0.2) is 0 Å². The Balaban J connectivity index is 3.42. The minimum atomic E-state index is -2.06. The average molecular weight is 311 g/mol. The van der Waals surface area contributed by atoms with Crippen LogP contribution < -0.4 is 0 Å². The third-order valence-corrected chi connectivity index (χ3v) is 12.7. The molecular weight excluding hydrogens is 272 g/mol. The molecule has 0 aromatic heterocycles. The smallest absolute Gasteiger partial charge is 0.210 e. The van der Waals surface area contributed by atoms with Gasteiger partial charge in [-0.3, -0.25) is 0 Å². The third kappa shape index (κ3) is 3.31. The number of allylic oxidation sites excluding steroid dienone is 1. The Morgan fingerprint density at radius 3 is 1.81 bits per heavy atom. The zero-order valence-electron chi connectivity index (χ0n) is 16.0. The molecule has 1 nitrogen and oxygen atoms in total. The lowest BCUT2D eigenvalue weighted by atomic mass is 9.97. The van der Waals surface area contributed by atoms with Crippen LogP contribution in [0.1, 0.15) is 74.7 Å². The van der Waals surface area contributed by atoms with Gasteiger partial charge in [0, 0.05) is 12.7 Å². The summed E-state index contributed by atoms with van der Waals surface area (Å²) in [5.74, 6) is 1.63. The van der Waals surface area contributed by atoms with Gasteiger partial charge in [0.2, 0.25) is 8.32 Å². The van der Waals surface area contributed by atoms with Crippen molar-refractivity contribution in [1.82, 2.24) is 0 Å². The van der Waals surface area contributed by atoms with Crippen LogP contribution in [0.25, 0.3) is 0 Å². The summed E-state index contributed by atoms with van der Waals surface area (Å²) < 4.78 is 6.52. The minimum Gasteiger partial charge on any atom is -0.418 e. The molecule has 21 heavy (non-hydrogen) atoms. The lowest BCUT2D eigenvalue weighted by molar-refractivity contribution is 0.295. The molecule has 2 heteroatoms. The van der Waals surface area contributed by atoms with Crippen LogP contribution in [0.15, 0.2) is 12.2 Å². The van der Waals surface area contributed by atoms with E-state index in [0.717, 1.165) is 11.8 Å². The summed E-state index contributed by atoms with van der Waals surface area (Å²) >= 11 is 0. The van der Waals surface area contributed by atoms with Crippen LogP contribution in [0.3, 0.4) is 0 Å². The molecule has 0 N–H and O–H groups in total. The minimum absolute atomic E-state index is 0.204. The first kappa shape index (κ1) is 19.0. The zero-order valence-corrected chi connectivity index (χ0v) is 17.0. The second-order valence-corrected chi connectivity index (χ2v) is 14.9. The van der Waals surface area contributed by atoms with Crippen LogP contribution in [0.2, 0.25) is 15.6 Å². The summed E-state index contributed by atoms with van der Waals surface area (Å²) in [6, 6.07) is 0. The van der Waals surface area contributed by atoms with Crippen LogP contribution in [0, 0.1) is 11.8 Å². The average Bonchev–Trinajstić information content (AvgIpc) is 2.67. The van der Waals surface area contributed by atoms with E-state index >= 15 is 0 Å². The number of hydrogen-bond donors (Lipinski definition) is 0. The quantitative estimate of drug-likeness (QED) is 0.422. The van der Waals surface area contributed by atoms with E-state index in [2.05, 4.69) is 62.0 Å². The molecular formula is C19H38OSi. The topological polar surface area (TPSA) is 9.23 Å². The molecule has 0 amide bonds. The van der Waals surface area contributed by atoms with Gasteiger partial charge in [0.05, 0.1) is 0 Å². The second kappa shape index (κ2) is 6.20. The molecule has 1 rings (SSSR count). The van der Waals surface area contributed by atoms with E-state index in [1.807, 2.05) is 7.11 Å². The summed E-state index contributed by atoms with van der Waals surface area (Å²) in [6.45, 7) is 23.4. The Kier molecular flexibility index (Phi) is 5.60. The van der Waals surface area contributed by atoms with Gasteiger partial charge in [0.25, 0.3) is 0 Å². The van der Waals surface area contributed by atoms with Crippen molar-refractivity contribution in [3.05, 3.63) is 12.2 Å². The monoisotopic (exact) mass is 310 g/mol. The Morgan fingerprint density at radius 2 is 1.57 bits per heavy atom. The molecule has 3 atom stereocenters. The van der Waals surface area contributed by atoms with Gasteiger partial charge < -0.3 is 4.43 Å². The standard InChI is InChI=1S/C19H38OSi/c1-14(2)17(16-12-11-15(3)13-16)21(20-10,18(4,5)6)19(7,8)9/h15-17H,1,11-13H2,2-10H3/t15-,16+,17?/m1/s1. The maximum absolute atomic E-state index is 6.52. The number of hydrogen-bond acceptors (Lipinski definition) is 1. The van der Waals surface area contributed by atoms with Crippen molar-refractivity contribution in [3.63, 3.8) is 0 Å². The van der Waals surface area contributed by atoms with E-state index in [4.69, 9.17) is 4.43 Å². The predicted molar refractivity (Wildman–Crippen MR) is 97.3 cm³/mol. The molecule has 1 saturated carbocycles. The highest BCUT2D eigenvalue weighted by Gasteiger charge is 2.61. The van der Waals surface area contributed by atoms with Gasteiger partial charge in [-0.25, -0.2) is 0 Å². The summed E-state index contributed by atoms with van der Waals surface area (Å²) in [7, 11) is -0.0900. The van der Waals surface area contributed by atoms with E-state index in [-0.39, 0.29) is 10.1 Å². The van der Waals surface area contributed by atoms with E-state index < -0.39 is 8.32 Å². The van der Waals surface area contributed by atoms with Crippen LogP contribution in [-0.4, -0.2) is 15.4 Å². The molecule has 0 aromatic rings. The van der Waals surface area contributed by atoms with Crippen molar-refractivity contribution >= 4 is 8.32 Å². The van der Waals surface area contributed by atoms with Gasteiger partial charge in [-0.05, 0) is 41.7 Å². The summed E-state index contributed by atoms with van der Waals surface area (Å²) in [4.78, 5) is 0. The molecule has 0 spiro atoms. The van der Waals surface area contributed by atoms with E-state index in [9.17, 15) is 0 Å². The largest absolute Gasteiger partial charge is 0.418 e. The van der Waals surface area contributed by atoms with Gasteiger partial charge >= 0.3 is 0 Å². The fraction of sp³-hybridized carbons (Fsp3) is 0.895. The van der Waals surface area contributed by atoms with Crippen molar-refractivity contribution in [2.24, 2.45) is 11.8 Å². The first-order valence-corrected chi connectivity index (χ1v) is 10.6. The van der Waals surface area contributed by atoms with Crippen LogP contribution in [0.5, 0.6) is 0 Å². The van der Waals surface area contributed by atoms with Crippen LogP contribution >= 0.6 is 0 Å².